The van der Waals surface area contributed by atoms with Gasteiger partial charge in [0.1, 0.15) is 12.4 Å². The number of amides is 2. The number of fused-ring (bicyclic) bond motifs is 1. The number of anilines is 1. The third-order valence-electron chi connectivity index (χ3n) is 5.17. The third kappa shape index (κ3) is 4.63. The Bertz CT molecular complexity index is 1480. The van der Waals surface area contributed by atoms with Crippen LogP contribution in [0.1, 0.15) is 15.9 Å². The van der Waals surface area contributed by atoms with Crippen molar-refractivity contribution in [2.45, 2.75) is 17.2 Å². The van der Waals surface area contributed by atoms with E-state index in [1.165, 1.54) is 35.0 Å². The predicted octanol–water partition coefficient (Wildman–Crippen LogP) is 3.49. The van der Waals surface area contributed by atoms with E-state index in [0.29, 0.717) is 10.9 Å². The smallest absolute Gasteiger partial charge is 0.250 e. The van der Waals surface area contributed by atoms with Crippen LogP contribution in [0.5, 0.6) is 0 Å². The van der Waals surface area contributed by atoms with Gasteiger partial charge in [0.05, 0.1) is 21.9 Å². The summed E-state index contributed by atoms with van der Waals surface area (Å²) in [5, 5.41) is 3.07. The third-order valence-corrected chi connectivity index (χ3v) is 6.86. The Balaban J connectivity index is 1.66. The fourth-order valence-corrected chi connectivity index (χ4v) is 5.24. The molecule has 33 heavy (non-hydrogen) atoms. The molecule has 0 spiro atoms. The molecule has 3 aromatic carbocycles. The van der Waals surface area contributed by atoms with Gasteiger partial charge in [0.2, 0.25) is 5.91 Å². The minimum absolute atomic E-state index is 0.00619. The molecule has 0 radical (unpaired) electrons. The van der Waals surface area contributed by atoms with E-state index in [4.69, 9.17) is 5.73 Å². The molecule has 0 aliphatic heterocycles. The molecular weight excluding hydrogens is 445 g/mol. The van der Waals surface area contributed by atoms with Gasteiger partial charge in [-0.2, -0.15) is 0 Å². The van der Waals surface area contributed by atoms with Crippen molar-refractivity contribution in [3.8, 4) is 0 Å². The molecule has 1 heterocycles. The Hall–Kier alpha value is -3.98. The molecule has 4 aromatic rings. The first-order chi connectivity index (χ1) is 15.8. The lowest BCUT2D eigenvalue weighted by atomic mass is 10.1. The highest BCUT2D eigenvalue weighted by atomic mass is 32.2. The number of nitrogens with two attached hydrogens (primary N) is 1. The van der Waals surface area contributed by atoms with Gasteiger partial charge in [0.25, 0.3) is 5.91 Å². The Morgan fingerprint density at radius 2 is 1.61 bits per heavy atom. The van der Waals surface area contributed by atoms with Crippen LogP contribution >= 0.6 is 0 Å². The van der Waals surface area contributed by atoms with Gasteiger partial charge in [-0.05, 0) is 24.3 Å². The van der Waals surface area contributed by atoms with Gasteiger partial charge in [-0.3, -0.25) is 9.59 Å². The molecule has 0 aliphatic rings. The van der Waals surface area contributed by atoms with E-state index in [1.807, 2.05) is 0 Å². The lowest BCUT2D eigenvalue weighted by molar-refractivity contribution is -0.116. The predicted molar refractivity (Wildman–Crippen MR) is 123 cm³/mol. The molecule has 3 N–H and O–H groups in total. The number of sulfone groups is 1. The van der Waals surface area contributed by atoms with Gasteiger partial charge in [-0.1, -0.05) is 48.5 Å². The van der Waals surface area contributed by atoms with E-state index in [-0.39, 0.29) is 28.3 Å². The van der Waals surface area contributed by atoms with Crippen LogP contribution in [0.15, 0.2) is 83.9 Å². The highest BCUT2D eigenvalue weighted by Gasteiger charge is 2.23. The summed E-state index contributed by atoms with van der Waals surface area (Å²) in [4.78, 5) is 24.3. The van der Waals surface area contributed by atoms with Crippen molar-refractivity contribution >= 4 is 38.2 Å². The first-order valence-electron chi connectivity index (χ1n) is 9.99. The maximum atomic E-state index is 14.1. The quantitative estimate of drug-likeness (QED) is 0.435. The molecule has 0 saturated heterocycles. The molecule has 0 fully saturated rings. The van der Waals surface area contributed by atoms with Crippen LogP contribution in [0.3, 0.4) is 0 Å². The van der Waals surface area contributed by atoms with E-state index >= 15 is 0 Å². The number of primary amides is 1. The van der Waals surface area contributed by atoms with Crippen molar-refractivity contribution in [2.24, 2.45) is 5.73 Å². The van der Waals surface area contributed by atoms with E-state index in [0.717, 1.165) is 0 Å². The largest absolute Gasteiger partial charge is 0.366 e. The van der Waals surface area contributed by atoms with Crippen molar-refractivity contribution in [2.75, 3.05) is 5.32 Å². The number of nitrogens with one attached hydrogen (secondary N) is 1. The number of rotatable bonds is 7. The lowest BCUT2D eigenvalue weighted by Crippen LogP contribution is -2.21. The van der Waals surface area contributed by atoms with Crippen LogP contribution in [0.4, 0.5) is 10.1 Å². The zero-order valence-corrected chi connectivity index (χ0v) is 18.2. The number of nitrogens with zero attached hydrogens (tertiary/aromatic N) is 1. The maximum Gasteiger partial charge on any atom is 0.250 e. The van der Waals surface area contributed by atoms with Crippen molar-refractivity contribution in [3.63, 3.8) is 0 Å². The SMILES string of the molecule is NC(=O)c1ccccc1NC(=O)Cn1cc(S(=O)(=O)Cc2ccccc2F)c2ccccc21. The van der Waals surface area contributed by atoms with Gasteiger partial charge in [0, 0.05) is 22.7 Å². The second-order valence-electron chi connectivity index (χ2n) is 7.45. The number of carbonyl (C=O) groups is 2. The molecule has 1 aromatic heterocycles. The number of benzene rings is 3. The molecule has 7 nitrogen and oxygen atoms in total. The summed E-state index contributed by atoms with van der Waals surface area (Å²) in [5.41, 5.74) is 6.38. The van der Waals surface area contributed by atoms with Crippen LogP contribution in [-0.2, 0) is 26.9 Å². The molecular formula is C24H20FN3O4S. The van der Waals surface area contributed by atoms with Gasteiger partial charge in [-0.15, -0.1) is 0 Å². The van der Waals surface area contributed by atoms with Gasteiger partial charge in [-0.25, -0.2) is 12.8 Å². The second-order valence-corrected chi connectivity index (χ2v) is 9.40. The number of halogens is 1. The Morgan fingerprint density at radius 1 is 0.939 bits per heavy atom. The molecule has 0 saturated carbocycles. The first-order valence-corrected chi connectivity index (χ1v) is 11.6. The summed E-state index contributed by atoms with van der Waals surface area (Å²) in [6.07, 6.45) is 1.38. The topological polar surface area (TPSA) is 111 Å². The summed E-state index contributed by atoms with van der Waals surface area (Å²) in [6.45, 7) is -0.206. The van der Waals surface area contributed by atoms with Crippen LogP contribution in [0.2, 0.25) is 0 Å². The summed E-state index contributed by atoms with van der Waals surface area (Å²) >= 11 is 0. The normalized spacial score (nSPS) is 11.4. The molecule has 0 aliphatic carbocycles. The Morgan fingerprint density at radius 3 is 2.36 bits per heavy atom. The van der Waals surface area contributed by atoms with Crippen LogP contribution in [0.25, 0.3) is 10.9 Å². The molecule has 0 bridgehead atoms. The molecule has 9 heteroatoms. The van der Waals surface area contributed by atoms with Crippen molar-refractivity contribution < 1.29 is 22.4 Å². The van der Waals surface area contributed by atoms with Crippen LogP contribution < -0.4 is 11.1 Å². The molecule has 0 unspecified atom stereocenters. The average molecular weight is 466 g/mol. The molecule has 0 atom stereocenters. The summed E-state index contributed by atoms with van der Waals surface area (Å²) < 4.78 is 41.9. The van der Waals surface area contributed by atoms with E-state index < -0.39 is 33.2 Å². The standard InChI is InChI=1S/C24H20FN3O4S/c25-19-10-4-1-7-16(19)15-33(31,32)22-13-28(21-12-6-3-9-18(21)22)14-23(29)27-20-11-5-2-8-17(20)24(26)30/h1-13H,14-15H2,(H2,26,30)(H,27,29). The van der Waals surface area contributed by atoms with Crippen molar-refractivity contribution in [3.05, 3.63) is 95.9 Å². The maximum absolute atomic E-state index is 14.1. The summed E-state index contributed by atoms with van der Waals surface area (Å²) in [7, 11) is -3.91. The number of hydrogen-bond donors (Lipinski definition) is 2. The first kappa shape index (κ1) is 22.2. The Kier molecular flexibility index (Phi) is 5.97. The second kappa shape index (κ2) is 8.87. The number of para-hydroxylation sites is 2. The summed E-state index contributed by atoms with van der Waals surface area (Å²) in [5.74, 6) is -2.26. The van der Waals surface area contributed by atoms with Gasteiger partial charge < -0.3 is 15.6 Å². The minimum Gasteiger partial charge on any atom is -0.366 e. The van der Waals surface area contributed by atoms with E-state index in [2.05, 4.69) is 5.32 Å². The number of carbonyl (C=O) groups excluding carboxylic acids is 2. The van der Waals surface area contributed by atoms with E-state index in [1.54, 1.807) is 48.5 Å². The van der Waals surface area contributed by atoms with Crippen LogP contribution in [0, 0.1) is 5.82 Å². The van der Waals surface area contributed by atoms with Gasteiger partial charge in [0.15, 0.2) is 9.84 Å². The van der Waals surface area contributed by atoms with Crippen LogP contribution in [-0.4, -0.2) is 24.8 Å². The average Bonchev–Trinajstić information content (AvgIpc) is 3.15. The highest BCUT2D eigenvalue weighted by molar-refractivity contribution is 7.90. The van der Waals surface area contributed by atoms with Crippen molar-refractivity contribution in [1.29, 1.82) is 0 Å². The summed E-state index contributed by atoms with van der Waals surface area (Å²) in [6, 6.07) is 18.8. The Labute approximate surface area is 189 Å². The monoisotopic (exact) mass is 465 g/mol. The fourth-order valence-electron chi connectivity index (χ4n) is 3.64. The molecule has 2 amide bonds. The molecule has 4 rings (SSSR count). The minimum atomic E-state index is -3.91. The highest BCUT2D eigenvalue weighted by Crippen LogP contribution is 2.28. The van der Waals surface area contributed by atoms with Crippen molar-refractivity contribution in [1.82, 2.24) is 4.57 Å². The fraction of sp³-hybridized carbons (Fsp3) is 0.0833. The zero-order chi connectivity index (χ0) is 23.6. The molecule has 168 valence electrons. The van der Waals surface area contributed by atoms with E-state index in [9.17, 15) is 22.4 Å². The zero-order valence-electron chi connectivity index (χ0n) is 17.4. The number of aromatic nitrogens is 1. The lowest BCUT2D eigenvalue weighted by Gasteiger charge is -2.10. The number of hydrogen-bond acceptors (Lipinski definition) is 4. The van der Waals surface area contributed by atoms with Gasteiger partial charge >= 0.3 is 0 Å².